The van der Waals surface area contributed by atoms with E-state index in [9.17, 15) is 53.7 Å². The number of amides is 1. The zero-order valence-corrected chi connectivity index (χ0v) is 21.7. The molecule has 0 spiro atoms. The highest BCUT2D eigenvalue weighted by atomic mass is 31.3. The van der Waals surface area contributed by atoms with Crippen LogP contribution in [-0.2, 0) is 43.5 Å². The zero-order valence-electron chi connectivity index (χ0n) is 19.9. The van der Waals surface area contributed by atoms with Crippen LogP contribution in [0, 0.1) is 0 Å². The Kier molecular flexibility index (Phi) is 11.5. The van der Waals surface area contributed by atoms with E-state index in [1.807, 2.05) is 4.98 Å². The van der Waals surface area contributed by atoms with Crippen LogP contribution in [0.5, 0.6) is 0 Å². The van der Waals surface area contributed by atoms with Gasteiger partial charge in [-0.3, -0.25) is 28.2 Å². The van der Waals surface area contributed by atoms with Crippen LogP contribution in [0.1, 0.15) is 13.8 Å². The second-order valence-electron chi connectivity index (χ2n) is 8.00. The molecule has 8 N–H and O–H groups in total. The molecule has 1 aromatic rings. The Morgan fingerprint density at radius 2 is 1.89 bits per heavy atom. The molecule has 6 unspecified atom stereocenters. The van der Waals surface area contributed by atoms with Crippen molar-refractivity contribution in [1.82, 2.24) is 14.9 Å². The lowest BCUT2D eigenvalue weighted by Gasteiger charge is -2.41. The van der Waals surface area contributed by atoms with E-state index in [1.54, 1.807) is 0 Å². The van der Waals surface area contributed by atoms with Crippen LogP contribution in [0.25, 0.3) is 0 Å². The number of hydrogen-bond acceptors (Lipinski definition) is 14. The fraction of sp³-hybridized carbons (Fsp3) is 0.706. The summed E-state index contributed by atoms with van der Waals surface area (Å²) in [5.74, 6) is -0.662. The summed E-state index contributed by atoms with van der Waals surface area (Å²) < 4.78 is 49.0. The minimum absolute atomic E-state index is 0.616. The predicted octanol–water partition coefficient (Wildman–Crippen LogP) is -3.55. The average Bonchev–Trinajstić information content (AvgIpc) is 2.79. The van der Waals surface area contributed by atoms with Gasteiger partial charge in [-0.05, 0) is 6.92 Å². The Hall–Kier alpha value is -1.83. The summed E-state index contributed by atoms with van der Waals surface area (Å²) in [6, 6.07) is -0.411. The molecule has 2 heterocycles. The number of H-pyrrole nitrogens is 1. The molecule has 1 amide bonds. The third kappa shape index (κ3) is 9.42. The topological polar surface area (TPSA) is 286 Å². The number of aliphatic hydroxyl groups is 4. The minimum atomic E-state index is -5.54. The molecule has 0 aliphatic carbocycles. The Bertz CT molecular complexity index is 1160. The quantitative estimate of drug-likeness (QED) is 0.103. The standard InChI is InChI=1S/C17H29N3O16P2/c1-8-14(25)13(18-9(2)22)15(26)16(34-8)35-38(30,31)36-37(28,29)33-6-11(10(23)5-21)32-7-20-4-3-12(24)19-17(20)27/h3-4,8,10-11,13-16,21,23,25-26H,5-7H2,1-2H3,(H,18,22)(H,28,29)(H,30,31)(H,19,24,27)/t8?,10?,11-,13?,14-,15?,16-/m1/s1. The number of carbonyl (C=O) groups is 1. The van der Waals surface area contributed by atoms with Gasteiger partial charge in [-0.2, -0.15) is 4.31 Å². The molecule has 1 fully saturated rings. The van der Waals surface area contributed by atoms with Crippen LogP contribution in [-0.4, -0.2) is 102 Å². The van der Waals surface area contributed by atoms with Gasteiger partial charge >= 0.3 is 21.3 Å². The second-order valence-corrected chi connectivity index (χ2v) is 11.0. The number of aliphatic hydroxyl groups excluding tert-OH is 4. The fourth-order valence-electron chi connectivity index (χ4n) is 3.11. The second kappa shape index (κ2) is 13.5. The highest BCUT2D eigenvalue weighted by Gasteiger charge is 2.48. The van der Waals surface area contributed by atoms with E-state index in [1.165, 1.54) is 6.92 Å². The van der Waals surface area contributed by atoms with Crippen LogP contribution in [0.4, 0.5) is 0 Å². The Morgan fingerprint density at radius 3 is 2.47 bits per heavy atom. The number of carbonyl (C=O) groups excluding carboxylic acids is 1. The molecule has 0 radical (unpaired) electrons. The first-order valence-electron chi connectivity index (χ1n) is 10.7. The van der Waals surface area contributed by atoms with E-state index in [0.717, 1.165) is 23.8 Å². The Balaban J connectivity index is 2.03. The molecule has 218 valence electrons. The summed E-state index contributed by atoms with van der Waals surface area (Å²) in [4.78, 5) is 55.9. The van der Waals surface area contributed by atoms with Crippen molar-refractivity contribution in [3.05, 3.63) is 33.1 Å². The normalized spacial score (nSPS) is 28.6. The minimum Gasteiger partial charge on any atom is -0.394 e. The monoisotopic (exact) mass is 593 g/mol. The lowest BCUT2D eigenvalue weighted by atomic mass is 9.97. The number of phosphoric acid groups is 2. The number of aromatic nitrogens is 2. The van der Waals surface area contributed by atoms with Gasteiger partial charge in [-0.15, -0.1) is 0 Å². The van der Waals surface area contributed by atoms with E-state index >= 15 is 0 Å². The maximum absolute atomic E-state index is 12.3. The molecule has 1 aliphatic rings. The van der Waals surface area contributed by atoms with Crippen molar-refractivity contribution in [1.29, 1.82) is 0 Å². The SMILES string of the molecule is CC(=O)NC1C(O)[C@@H](OP(=O)(O)OP(=O)(O)OC[C@@H](OCn2ccc(=O)[nH]c2=O)C(O)CO)OC(C)[C@H]1O. The smallest absolute Gasteiger partial charge is 0.394 e. The third-order valence-corrected chi connectivity index (χ3v) is 7.60. The number of rotatable bonds is 13. The van der Waals surface area contributed by atoms with E-state index < -0.39 is 95.6 Å². The number of phosphoric ester groups is 2. The first-order chi connectivity index (χ1) is 17.5. The maximum Gasteiger partial charge on any atom is 0.483 e. The van der Waals surface area contributed by atoms with E-state index in [4.69, 9.17) is 9.47 Å². The molecule has 0 bridgehead atoms. The van der Waals surface area contributed by atoms with Gasteiger partial charge in [0.25, 0.3) is 5.56 Å². The van der Waals surface area contributed by atoms with Crippen LogP contribution in [0.2, 0.25) is 0 Å². The molecule has 0 saturated carbocycles. The number of hydrogen-bond donors (Lipinski definition) is 8. The molecule has 2 rings (SSSR count). The van der Waals surface area contributed by atoms with Crippen molar-refractivity contribution in [2.24, 2.45) is 0 Å². The van der Waals surface area contributed by atoms with Crippen LogP contribution in [0.3, 0.4) is 0 Å². The highest BCUT2D eigenvalue weighted by Crippen LogP contribution is 2.61. The number of nitrogens with zero attached hydrogens (tertiary/aromatic N) is 1. The largest absolute Gasteiger partial charge is 0.483 e. The molecule has 1 saturated heterocycles. The summed E-state index contributed by atoms with van der Waals surface area (Å²) in [5, 5.41) is 41.7. The summed E-state index contributed by atoms with van der Waals surface area (Å²) in [6.45, 7) is -0.195. The number of ether oxygens (including phenoxy) is 2. The Labute approximate surface area is 213 Å². The lowest BCUT2D eigenvalue weighted by molar-refractivity contribution is -0.244. The van der Waals surface area contributed by atoms with Crippen molar-refractivity contribution in [2.75, 3.05) is 13.2 Å². The third-order valence-electron chi connectivity index (χ3n) is 5.00. The molecule has 1 aliphatic heterocycles. The summed E-state index contributed by atoms with van der Waals surface area (Å²) in [7, 11) is -11.0. The van der Waals surface area contributed by atoms with Crippen LogP contribution < -0.4 is 16.6 Å². The van der Waals surface area contributed by atoms with Crippen molar-refractivity contribution in [3.63, 3.8) is 0 Å². The van der Waals surface area contributed by atoms with Crippen molar-refractivity contribution in [2.45, 2.75) is 63.4 Å². The molecule has 0 aromatic carbocycles. The van der Waals surface area contributed by atoms with Gasteiger partial charge in [-0.25, -0.2) is 13.9 Å². The fourth-order valence-corrected chi connectivity index (χ4v) is 5.27. The molecular weight excluding hydrogens is 564 g/mol. The number of nitrogens with one attached hydrogen (secondary N) is 2. The van der Waals surface area contributed by atoms with E-state index in [-0.39, 0.29) is 0 Å². The van der Waals surface area contributed by atoms with Gasteiger partial charge in [0.15, 0.2) is 6.29 Å². The zero-order chi connectivity index (χ0) is 28.8. The molecule has 1 aromatic heterocycles. The summed E-state index contributed by atoms with van der Waals surface area (Å²) >= 11 is 0. The maximum atomic E-state index is 12.3. The molecule has 38 heavy (non-hydrogen) atoms. The van der Waals surface area contributed by atoms with Crippen molar-refractivity contribution >= 4 is 21.6 Å². The van der Waals surface area contributed by atoms with Crippen molar-refractivity contribution in [3.8, 4) is 0 Å². The van der Waals surface area contributed by atoms with Gasteiger partial charge in [0.1, 0.15) is 31.1 Å². The van der Waals surface area contributed by atoms with E-state index in [0.29, 0.717) is 0 Å². The molecular formula is C17H29N3O16P2. The van der Waals surface area contributed by atoms with Crippen molar-refractivity contribution < 1.29 is 67.0 Å². The van der Waals surface area contributed by atoms with Crippen LogP contribution >= 0.6 is 15.6 Å². The van der Waals surface area contributed by atoms with Gasteiger partial charge in [0.2, 0.25) is 5.91 Å². The van der Waals surface area contributed by atoms with E-state index in [2.05, 4.69) is 18.7 Å². The summed E-state index contributed by atoms with van der Waals surface area (Å²) in [5.41, 5.74) is -1.59. The lowest BCUT2D eigenvalue weighted by Crippen LogP contribution is -2.63. The first kappa shape index (κ1) is 32.4. The molecule has 19 nitrogen and oxygen atoms in total. The molecule has 9 atom stereocenters. The highest BCUT2D eigenvalue weighted by molar-refractivity contribution is 7.61. The van der Waals surface area contributed by atoms with Crippen LogP contribution in [0.15, 0.2) is 21.9 Å². The van der Waals surface area contributed by atoms with Gasteiger partial charge in [-0.1, -0.05) is 0 Å². The van der Waals surface area contributed by atoms with Gasteiger partial charge in [0, 0.05) is 19.2 Å². The predicted molar refractivity (Wildman–Crippen MR) is 121 cm³/mol. The molecule has 21 heteroatoms. The van der Waals surface area contributed by atoms with Gasteiger partial charge < -0.3 is 45.0 Å². The Morgan fingerprint density at radius 1 is 1.24 bits per heavy atom. The summed E-state index contributed by atoms with van der Waals surface area (Å²) in [6.07, 6.45) is -8.78. The van der Waals surface area contributed by atoms with Gasteiger partial charge in [0.05, 0.1) is 25.4 Å². The first-order valence-corrected chi connectivity index (χ1v) is 13.7. The number of aromatic amines is 1. The average molecular weight is 593 g/mol.